The van der Waals surface area contributed by atoms with Crippen LogP contribution in [0.4, 0.5) is 0 Å². The fraction of sp³-hybridized carbons (Fsp3) is 0.727. The van der Waals surface area contributed by atoms with Gasteiger partial charge in [0.05, 0.1) is 15.9 Å². The number of nitrogens with zero attached hydrogens (tertiary/aromatic N) is 2. The smallest absolute Gasteiger partial charge is 0.0767 e. The zero-order chi connectivity index (χ0) is 12.0. The lowest BCUT2D eigenvalue weighted by Crippen LogP contribution is -2.17. The number of hydrogen-bond acceptors (Lipinski definition) is 3. The zero-order valence-corrected chi connectivity index (χ0v) is 11.5. The third-order valence-electron chi connectivity index (χ3n) is 2.56. The van der Waals surface area contributed by atoms with Crippen molar-refractivity contribution in [2.45, 2.75) is 32.7 Å². The van der Waals surface area contributed by atoms with Gasteiger partial charge in [0.15, 0.2) is 0 Å². The Hall–Kier alpha value is -0.390. The summed E-state index contributed by atoms with van der Waals surface area (Å²) in [7, 11) is 1.97. The number of aliphatic hydroxyl groups excluding tert-OH is 1. The van der Waals surface area contributed by atoms with Gasteiger partial charge in [0, 0.05) is 20.2 Å². The van der Waals surface area contributed by atoms with Crippen molar-refractivity contribution in [3.05, 3.63) is 15.9 Å². The van der Waals surface area contributed by atoms with Crippen LogP contribution < -0.4 is 5.32 Å². The molecule has 0 saturated carbocycles. The molecule has 1 aromatic rings. The van der Waals surface area contributed by atoms with Crippen molar-refractivity contribution in [3.8, 4) is 0 Å². The largest absolute Gasteiger partial charge is 0.396 e. The number of aryl methyl sites for hydroxylation is 2. The number of halogens is 1. The van der Waals surface area contributed by atoms with Gasteiger partial charge in [-0.15, -0.1) is 0 Å². The lowest BCUT2D eigenvalue weighted by Gasteiger charge is -2.05. The van der Waals surface area contributed by atoms with Crippen LogP contribution in [0.25, 0.3) is 0 Å². The van der Waals surface area contributed by atoms with E-state index in [2.05, 4.69) is 33.3 Å². The maximum absolute atomic E-state index is 8.66. The minimum absolute atomic E-state index is 0.275. The van der Waals surface area contributed by atoms with Crippen molar-refractivity contribution in [1.82, 2.24) is 15.1 Å². The molecule has 0 aromatic carbocycles. The molecule has 0 aliphatic carbocycles. The Morgan fingerprint density at radius 1 is 1.44 bits per heavy atom. The Bertz CT molecular complexity index is 325. The maximum atomic E-state index is 8.66. The monoisotopic (exact) mass is 289 g/mol. The van der Waals surface area contributed by atoms with Gasteiger partial charge < -0.3 is 10.4 Å². The molecule has 0 amide bonds. The van der Waals surface area contributed by atoms with Crippen LogP contribution in [0, 0.1) is 0 Å². The predicted octanol–water partition coefficient (Wildman–Crippen LogP) is 1.61. The molecule has 0 unspecified atom stereocenters. The molecular formula is C11H20BrN3O. The topological polar surface area (TPSA) is 50.1 Å². The van der Waals surface area contributed by atoms with Crippen molar-refractivity contribution in [2.24, 2.45) is 7.05 Å². The Morgan fingerprint density at radius 2 is 2.19 bits per heavy atom. The van der Waals surface area contributed by atoms with E-state index >= 15 is 0 Å². The van der Waals surface area contributed by atoms with Gasteiger partial charge in [0.25, 0.3) is 0 Å². The first-order valence-corrected chi connectivity index (χ1v) is 6.51. The van der Waals surface area contributed by atoms with Crippen molar-refractivity contribution >= 4 is 15.9 Å². The second-order valence-electron chi connectivity index (χ2n) is 3.79. The van der Waals surface area contributed by atoms with E-state index < -0.39 is 0 Å². The van der Waals surface area contributed by atoms with Crippen molar-refractivity contribution < 1.29 is 5.11 Å². The SMILES string of the molecule is CCc1nn(C)c(CNCCCCO)c1Br. The fourth-order valence-corrected chi connectivity index (χ4v) is 2.34. The fourth-order valence-electron chi connectivity index (χ4n) is 1.58. The first-order chi connectivity index (χ1) is 7.70. The molecular weight excluding hydrogens is 270 g/mol. The minimum Gasteiger partial charge on any atom is -0.396 e. The van der Waals surface area contributed by atoms with Crippen molar-refractivity contribution in [1.29, 1.82) is 0 Å². The van der Waals surface area contributed by atoms with Gasteiger partial charge in [-0.25, -0.2) is 0 Å². The Kier molecular flexibility index (Phi) is 6.01. The van der Waals surface area contributed by atoms with Crippen molar-refractivity contribution in [2.75, 3.05) is 13.2 Å². The number of hydrogen-bond donors (Lipinski definition) is 2. The van der Waals surface area contributed by atoms with Crippen LogP contribution in [0.15, 0.2) is 4.47 Å². The number of unbranched alkanes of at least 4 members (excludes halogenated alkanes) is 1. The average molecular weight is 290 g/mol. The molecule has 16 heavy (non-hydrogen) atoms. The normalized spacial score (nSPS) is 11.0. The van der Waals surface area contributed by atoms with Gasteiger partial charge in [-0.2, -0.15) is 5.10 Å². The van der Waals surface area contributed by atoms with Crippen LogP contribution in [0.5, 0.6) is 0 Å². The van der Waals surface area contributed by atoms with E-state index in [1.165, 1.54) is 5.69 Å². The summed E-state index contributed by atoms with van der Waals surface area (Å²) < 4.78 is 3.04. The Morgan fingerprint density at radius 3 is 2.75 bits per heavy atom. The van der Waals surface area contributed by atoms with E-state index in [0.717, 1.165) is 42.5 Å². The third kappa shape index (κ3) is 3.57. The van der Waals surface area contributed by atoms with Gasteiger partial charge in [0.1, 0.15) is 0 Å². The highest BCUT2D eigenvalue weighted by Gasteiger charge is 2.11. The van der Waals surface area contributed by atoms with Crippen LogP contribution in [0.3, 0.4) is 0 Å². The van der Waals surface area contributed by atoms with E-state index in [1.54, 1.807) is 0 Å². The summed E-state index contributed by atoms with van der Waals surface area (Å²) in [6.45, 7) is 4.12. The standard InChI is InChI=1S/C11H20BrN3O/c1-3-9-11(12)10(15(2)14-9)8-13-6-4-5-7-16/h13,16H,3-8H2,1-2H3. The molecule has 0 radical (unpaired) electrons. The number of aromatic nitrogens is 2. The maximum Gasteiger partial charge on any atom is 0.0767 e. The van der Waals surface area contributed by atoms with E-state index in [0.29, 0.717) is 0 Å². The van der Waals surface area contributed by atoms with Crippen LogP contribution in [0.1, 0.15) is 31.2 Å². The number of aliphatic hydroxyl groups is 1. The first kappa shape index (κ1) is 13.7. The molecule has 0 bridgehead atoms. The van der Waals surface area contributed by atoms with E-state index in [-0.39, 0.29) is 6.61 Å². The number of nitrogens with one attached hydrogen (secondary N) is 1. The van der Waals surface area contributed by atoms with Crippen LogP contribution in [-0.4, -0.2) is 28.0 Å². The lowest BCUT2D eigenvalue weighted by atomic mass is 10.3. The lowest BCUT2D eigenvalue weighted by molar-refractivity contribution is 0.283. The van der Waals surface area contributed by atoms with Gasteiger partial charge >= 0.3 is 0 Å². The summed E-state index contributed by atoms with van der Waals surface area (Å²) in [6, 6.07) is 0. The molecule has 0 spiro atoms. The van der Waals surface area contributed by atoms with Gasteiger partial charge in [-0.1, -0.05) is 6.92 Å². The molecule has 92 valence electrons. The van der Waals surface area contributed by atoms with E-state index in [9.17, 15) is 0 Å². The molecule has 1 rings (SSSR count). The quantitative estimate of drug-likeness (QED) is 0.750. The summed E-state index contributed by atoms with van der Waals surface area (Å²) in [5.74, 6) is 0. The highest BCUT2D eigenvalue weighted by atomic mass is 79.9. The molecule has 1 aromatic heterocycles. The summed E-state index contributed by atoms with van der Waals surface area (Å²) in [5.41, 5.74) is 2.29. The molecule has 2 N–H and O–H groups in total. The molecule has 0 atom stereocenters. The minimum atomic E-state index is 0.275. The molecule has 4 nitrogen and oxygen atoms in total. The summed E-state index contributed by atoms with van der Waals surface area (Å²) in [5, 5.41) is 16.4. The zero-order valence-electron chi connectivity index (χ0n) is 9.96. The third-order valence-corrected chi connectivity index (χ3v) is 3.47. The highest BCUT2D eigenvalue weighted by molar-refractivity contribution is 9.10. The second-order valence-corrected chi connectivity index (χ2v) is 4.59. The summed E-state index contributed by atoms with van der Waals surface area (Å²) in [6.07, 6.45) is 2.81. The number of rotatable bonds is 7. The van der Waals surface area contributed by atoms with Gasteiger partial charge in [0.2, 0.25) is 0 Å². The van der Waals surface area contributed by atoms with Crippen LogP contribution in [0.2, 0.25) is 0 Å². The molecule has 0 fully saturated rings. The van der Waals surface area contributed by atoms with Crippen molar-refractivity contribution in [3.63, 3.8) is 0 Å². The van der Waals surface area contributed by atoms with Crippen LogP contribution in [-0.2, 0) is 20.0 Å². The van der Waals surface area contributed by atoms with E-state index in [4.69, 9.17) is 5.11 Å². The van der Waals surface area contributed by atoms with Crippen LogP contribution >= 0.6 is 15.9 Å². The summed E-state index contributed by atoms with van der Waals surface area (Å²) >= 11 is 3.58. The summed E-state index contributed by atoms with van der Waals surface area (Å²) in [4.78, 5) is 0. The highest BCUT2D eigenvalue weighted by Crippen LogP contribution is 2.21. The molecule has 0 saturated heterocycles. The Balaban J connectivity index is 2.44. The first-order valence-electron chi connectivity index (χ1n) is 5.72. The molecule has 0 aliphatic heterocycles. The Labute approximate surface area is 105 Å². The van der Waals surface area contributed by atoms with E-state index in [1.807, 2.05) is 11.7 Å². The predicted molar refractivity (Wildman–Crippen MR) is 68.3 cm³/mol. The van der Waals surface area contributed by atoms with Gasteiger partial charge in [-0.05, 0) is 41.7 Å². The molecule has 1 heterocycles. The van der Waals surface area contributed by atoms with Gasteiger partial charge in [-0.3, -0.25) is 4.68 Å². The average Bonchev–Trinajstić information content (AvgIpc) is 2.55. The molecule has 0 aliphatic rings. The second kappa shape index (κ2) is 7.04. The molecule has 5 heteroatoms.